The Kier molecular flexibility index (Phi) is 2.85. The zero-order chi connectivity index (χ0) is 10.7. The maximum absolute atomic E-state index is 10.3. The van der Waals surface area contributed by atoms with E-state index in [1.54, 1.807) is 5.01 Å². The van der Waals surface area contributed by atoms with Gasteiger partial charge in [-0.15, -0.1) is 4.91 Å². The molecule has 1 aromatic carbocycles. The van der Waals surface area contributed by atoms with Crippen LogP contribution in [0.4, 0.5) is 5.69 Å². The molecule has 0 spiro atoms. The molecule has 1 saturated heterocycles. The van der Waals surface area contributed by atoms with Crippen LogP contribution >= 0.6 is 0 Å². The Bertz CT molecular complexity index is 345. The maximum atomic E-state index is 10.3. The van der Waals surface area contributed by atoms with Gasteiger partial charge in [0.05, 0.1) is 18.4 Å². The van der Waals surface area contributed by atoms with Crippen LogP contribution in [0.1, 0.15) is 5.56 Å². The fourth-order valence-corrected chi connectivity index (χ4v) is 1.86. The van der Waals surface area contributed by atoms with Crippen molar-refractivity contribution in [2.45, 2.75) is 6.92 Å². The number of hydrogen-bond acceptors (Lipinski definition) is 3. The van der Waals surface area contributed by atoms with E-state index in [0.717, 1.165) is 26.2 Å². The molecule has 1 fully saturated rings. The molecule has 0 saturated carbocycles. The Balaban J connectivity index is 2.04. The molecule has 1 aliphatic heterocycles. The van der Waals surface area contributed by atoms with E-state index in [2.05, 4.69) is 41.4 Å². The number of anilines is 1. The number of piperazine rings is 1. The van der Waals surface area contributed by atoms with E-state index in [4.69, 9.17) is 0 Å². The zero-order valence-corrected chi connectivity index (χ0v) is 8.89. The van der Waals surface area contributed by atoms with Gasteiger partial charge in [0.25, 0.3) is 0 Å². The molecule has 4 nitrogen and oxygen atoms in total. The summed E-state index contributed by atoms with van der Waals surface area (Å²) in [6.45, 7) is 5.27. The lowest BCUT2D eigenvalue weighted by Gasteiger charge is -2.33. The van der Waals surface area contributed by atoms with Crippen molar-refractivity contribution in [3.63, 3.8) is 0 Å². The van der Waals surface area contributed by atoms with Crippen LogP contribution in [0.25, 0.3) is 0 Å². The lowest BCUT2D eigenvalue weighted by molar-refractivity contribution is 0.267. The van der Waals surface area contributed by atoms with E-state index in [-0.39, 0.29) is 0 Å². The molecule has 2 rings (SSSR count). The van der Waals surface area contributed by atoms with Gasteiger partial charge >= 0.3 is 0 Å². The third kappa shape index (κ3) is 2.26. The summed E-state index contributed by atoms with van der Waals surface area (Å²) in [6, 6.07) is 8.43. The van der Waals surface area contributed by atoms with Crippen molar-refractivity contribution in [3.05, 3.63) is 34.7 Å². The SMILES string of the molecule is Cc1cccc(N2CCN(N=O)CC2)c1. The Morgan fingerprint density at radius 1 is 1.20 bits per heavy atom. The normalized spacial score (nSPS) is 16.6. The van der Waals surface area contributed by atoms with Crippen LogP contribution in [0.2, 0.25) is 0 Å². The second-order valence-electron chi connectivity index (χ2n) is 3.86. The van der Waals surface area contributed by atoms with Crippen LogP contribution in [0.3, 0.4) is 0 Å². The molecule has 0 N–H and O–H groups in total. The molecule has 0 radical (unpaired) electrons. The summed E-state index contributed by atoms with van der Waals surface area (Å²) in [7, 11) is 0. The highest BCUT2D eigenvalue weighted by Gasteiger charge is 2.16. The molecule has 0 aliphatic carbocycles. The van der Waals surface area contributed by atoms with Crippen LogP contribution in [-0.2, 0) is 0 Å². The first-order chi connectivity index (χ1) is 7.29. The van der Waals surface area contributed by atoms with Gasteiger partial charge in [-0.1, -0.05) is 12.1 Å². The van der Waals surface area contributed by atoms with Crippen molar-refractivity contribution in [1.82, 2.24) is 5.01 Å². The number of aryl methyl sites for hydroxylation is 1. The molecular formula is C11H15N3O. The molecule has 80 valence electrons. The number of hydrogen-bond donors (Lipinski definition) is 0. The van der Waals surface area contributed by atoms with Crippen molar-refractivity contribution in [3.8, 4) is 0 Å². The maximum Gasteiger partial charge on any atom is 0.0568 e. The first-order valence-electron chi connectivity index (χ1n) is 5.19. The van der Waals surface area contributed by atoms with Gasteiger partial charge in [-0.2, -0.15) is 0 Å². The van der Waals surface area contributed by atoms with Gasteiger partial charge in [0.2, 0.25) is 0 Å². The molecule has 1 aliphatic rings. The van der Waals surface area contributed by atoms with E-state index in [0.29, 0.717) is 0 Å². The second kappa shape index (κ2) is 4.29. The first kappa shape index (κ1) is 9.96. The minimum absolute atomic E-state index is 0.720. The smallest absolute Gasteiger partial charge is 0.0568 e. The van der Waals surface area contributed by atoms with E-state index >= 15 is 0 Å². The van der Waals surface area contributed by atoms with Gasteiger partial charge in [0.1, 0.15) is 0 Å². The van der Waals surface area contributed by atoms with Crippen molar-refractivity contribution in [1.29, 1.82) is 0 Å². The molecule has 0 bridgehead atoms. The highest BCUT2D eigenvalue weighted by atomic mass is 16.3. The third-order valence-electron chi connectivity index (χ3n) is 2.74. The molecule has 0 amide bonds. The Morgan fingerprint density at radius 3 is 2.53 bits per heavy atom. The minimum atomic E-state index is 0.720. The summed E-state index contributed by atoms with van der Waals surface area (Å²) in [5, 5.41) is 4.53. The van der Waals surface area contributed by atoms with Crippen LogP contribution in [0, 0.1) is 11.8 Å². The number of benzene rings is 1. The molecule has 1 heterocycles. The monoisotopic (exact) mass is 205 g/mol. The summed E-state index contributed by atoms with van der Waals surface area (Å²) in [5.74, 6) is 0. The van der Waals surface area contributed by atoms with E-state index in [1.807, 2.05) is 0 Å². The molecule has 4 heteroatoms. The molecule has 15 heavy (non-hydrogen) atoms. The second-order valence-corrected chi connectivity index (χ2v) is 3.86. The molecule has 0 unspecified atom stereocenters. The topological polar surface area (TPSA) is 35.9 Å². The van der Waals surface area contributed by atoms with Crippen molar-refractivity contribution in [2.75, 3.05) is 31.1 Å². The van der Waals surface area contributed by atoms with Crippen LogP contribution < -0.4 is 4.90 Å². The summed E-state index contributed by atoms with van der Waals surface area (Å²) in [5.41, 5.74) is 2.50. The number of rotatable bonds is 2. The van der Waals surface area contributed by atoms with Crippen molar-refractivity contribution < 1.29 is 0 Å². The van der Waals surface area contributed by atoms with Crippen molar-refractivity contribution >= 4 is 5.69 Å². The highest BCUT2D eigenvalue weighted by molar-refractivity contribution is 5.48. The van der Waals surface area contributed by atoms with Crippen LogP contribution in [0.15, 0.2) is 29.6 Å². The van der Waals surface area contributed by atoms with Gasteiger partial charge in [0, 0.05) is 18.8 Å². The van der Waals surface area contributed by atoms with Crippen LogP contribution in [0.5, 0.6) is 0 Å². The Labute approximate surface area is 89.4 Å². The molecule has 0 aromatic heterocycles. The standard InChI is InChI=1S/C11H15N3O/c1-10-3-2-4-11(9-10)13-5-7-14(12-15)8-6-13/h2-4,9H,5-8H2,1H3. The largest absolute Gasteiger partial charge is 0.368 e. The lowest BCUT2D eigenvalue weighted by Crippen LogP contribution is -2.43. The first-order valence-corrected chi connectivity index (χ1v) is 5.19. The third-order valence-corrected chi connectivity index (χ3v) is 2.74. The predicted octanol–water partition coefficient (Wildman–Crippen LogP) is 1.80. The van der Waals surface area contributed by atoms with E-state index < -0.39 is 0 Å². The van der Waals surface area contributed by atoms with E-state index in [1.165, 1.54) is 11.3 Å². The van der Waals surface area contributed by atoms with Gasteiger partial charge in [0.15, 0.2) is 0 Å². The van der Waals surface area contributed by atoms with Gasteiger partial charge in [-0.05, 0) is 24.6 Å². The number of nitroso groups, excluding NO2 is 1. The number of nitrogens with zero attached hydrogens (tertiary/aromatic N) is 3. The average molecular weight is 205 g/mol. The quantitative estimate of drug-likeness (QED) is 0.691. The minimum Gasteiger partial charge on any atom is -0.368 e. The summed E-state index contributed by atoms with van der Waals surface area (Å²) in [4.78, 5) is 12.6. The fourth-order valence-electron chi connectivity index (χ4n) is 1.86. The molecular weight excluding hydrogens is 190 g/mol. The van der Waals surface area contributed by atoms with E-state index in [9.17, 15) is 4.91 Å². The summed E-state index contributed by atoms with van der Waals surface area (Å²) < 4.78 is 0. The highest BCUT2D eigenvalue weighted by Crippen LogP contribution is 2.17. The Hall–Kier alpha value is -1.58. The predicted molar refractivity (Wildman–Crippen MR) is 60.8 cm³/mol. The summed E-state index contributed by atoms with van der Waals surface area (Å²) >= 11 is 0. The van der Waals surface area contributed by atoms with Gasteiger partial charge in [-0.25, -0.2) is 0 Å². The molecule has 0 atom stereocenters. The summed E-state index contributed by atoms with van der Waals surface area (Å²) in [6.07, 6.45) is 0. The zero-order valence-electron chi connectivity index (χ0n) is 8.89. The fraction of sp³-hybridized carbons (Fsp3) is 0.455. The molecule has 1 aromatic rings. The van der Waals surface area contributed by atoms with Crippen molar-refractivity contribution in [2.24, 2.45) is 5.29 Å². The van der Waals surface area contributed by atoms with Gasteiger partial charge < -0.3 is 4.90 Å². The lowest BCUT2D eigenvalue weighted by atomic mass is 10.2. The van der Waals surface area contributed by atoms with Gasteiger partial charge in [-0.3, -0.25) is 5.01 Å². The Morgan fingerprint density at radius 2 is 1.93 bits per heavy atom. The average Bonchev–Trinajstić information content (AvgIpc) is 2.29. The van der Waals surface area contributed by atoms with Crippen LogP contribution in [-0.4, -0.2) is 31.2 Å².